The van der Waals surface area contributed by atoms with E-state index in [1.165, 1.54) is 0 Å². The average molecular weight is 473 g/mol. The van der Waals surface area contributed by atoms with E-state index in [-0.39, 0.29) is 17.4 Å². The number of ether oxygens (including phenoxy) is 5. The molecule has 0 saturated carbocycles. The summed E-state index contributed by atoms with van der Waals surface area (Å²) in [5.41, 5.74) is 1.79. The molecule has 1 fully saturated rings. The van der Waals surface area contributed by atoms with Gasteiger partial charge in [-0.15, -0.1) is 0 Å². The molecule has 4 unspecified atom stereocenters. The molecule has 1 amide bonds. The van der Waals surface area contributed by atoms with Crippen LogP contribution >= 0.6 is 0 Å². The number of nitrogens with one attached hydrogen (secondary N) is 2. The molecule has 0 bridgehead atoms. The molecule has 2 aliphatic heterocycles. The summed E-state index contributed by atoms with van der Waals surface area (Å²) < 4.78 is 28.4. The van der Waals surface area contributed by atoms with Crippen molar-refractivity contribution in [2.45, 2.75) is 58.3 Å². The Bertz CT molecular complexity index is 974. The van der Waals surface area contributed by atoms with E-state index in [1.54, 1.807) is 27.4 Å². The van der Waals surface area contributed by atoms with Gasteiger partial charge in [0.15, 0.2) is 6.10 Å². The number of amides is 1. The summed E-state index contributed by atoms with van der Waals surface area (Å²) in [4.78, 5) is 13.0. The lowest BCUT2D eigenvalue weighted by molar-refractivity contribution is -0.131. The first-order chi connectivity index (χ1) is 16.2. The summed E-state index contributed by atoms with van der Waals surface area (Å²) in [6, 6.07) is 0.313. The van der Waals surface area contributed by atoms with Gasteiger partial charge in [-0.25, -0.2) is 0 Å². The van der Waals surface area contributed by atoms with Gasteiger partial charge in [-0.3, -0.25) is 4.79 Å². The molecule has 0 spiro atoms. The van der Waals surface area contributed by atoms with E-state index in [0.29, 0.717) is 42.2 Å². The van der Waals surface area contributed by atoms with Crippen LogP contribution in [0.15, 0.2) is 58.8 Å². The van der Waals surface area contributed by atoms with Gasteiger partial charge in [0.2, 0.25) is 0 Å². The molecule has 0 aromatic rings. The molecule has 1 saturated heterocycles. The number of rotatable bonds is 7. The van der Waals surface area contributed by atoms with Crippen LogP contribution in [0.1, 0.15) is 40.0 Å². The van der Waals surface area contributed by atoms with Crippen molar-refractivity contribution in [2.75, 3.05) is 27.9 Å². The van der Waals surface area contributed by atoms with Crippen LogP contribution < -0.4 is 10.6 Å². The van der Waals surface area contributed by atoms with Crippen molar-refractivity contribution < 1.29 is 28.5 Å². The zero-order valence-electron chi connectivity index (χ0n) is 20.9. The van der Waals surface area contributed by atoms with Gasteiger partial charge >= 0.3 is 0 Å². The largest absolute Gasteiger partial charge is 0.501 e. The first-order valence-corrected chi connectivity index (χ1v) is 11.8. The number of piperidine rings is 1. The zero-order chi connectivity index (χ0) is 24.5. The van der Waals surface area contributed by atoms with Crippen LogP contribution in [0.3, 0.4) is 0 Å². The van der Waals surface area contributed by atoms with E-state index in [9.17, 15) is 4.79 Å². The summed E-state index contributed by atoms with van der Waals surface area (Å²) in [6.45, 7) is 7.65. The second-order valence-electron chi connectivity index (χ2n) is 9.81. The zero-order valence-corrected chi connectivity index (χ0v) is 20.9. The number of carbonyl (C=O) groups is 1. The summed E-state index contributed by atoms with van der Waals surface area (Å²) in [5, 5.41) is 6.52. The van der Waals surface area contributed by atoms with Crippen LogP contribution in [-0.2, 0) is 28.5 Å². The normalized spacial score (nSPS) is 30.2. The molecule has 0 radical (unpaired) electrons. The fourth-order valence-corrected chi connectivity index (χ4v) is 4.96. The molecule has 0 aromatic heterocycles. The molecular formula is C26H36N2O6. The molecule has 8 nitrogen and oxygen atoms in total. The standard InChI is InChI=1S/C26H36N2O6/c1-15-11-18-17(26(2,3)9-10-27-18)14-20(15)34-23-8-7-19(33-23)25(29)28-24-21(31-5)12-16(30-4)13-22(24)32-6/h8,11-12,14,17-19,22,27H,7,9-10,13H2,1-6H3,(H,28,29). The maximum atomic E-state index is 13.0. The Kier molecular flexibility index (Phi) is 7.09. The number of carbonyl (C=O) groups excluding carboxylic acids is 1. The molecule has 8 heteroatoms. The van der Waals surface area contributed by atoms with E-state index in [0.717, 1.165) is 30.1 Å². The Morgan fingerprint density at radius 2 is 2.00 bits per heavy atom. The highest BCUT2D eigenvalue weighted by atomic mass is 16.7. The lowest BCUT2D eigenvalue weighted by Crippen LogP contribution is -2.49. The van der Waals surface area contributed by atoms with Crippen molar-refractivity contribution >= 4 is 5.91 Å². The van der Waals surface area contributed by atoms with Gasteiger partial charge in [-0.05, 0) is 37.0 Å². The topological polar surface area (TPSA) is 87.3 Å². The van der Waals surface area contributed by atoms with Gasteiger partial charge in [0.1, 0.15) is 23.4 Å². The molecule has 0 aromatic carbocycles. The van der Waals surface area contributed by atoms with E-state index < -0.39 is 6.10 Å². The van der Waals surface area contributed by atoms with Gasteiger partial charge in [0.05, 0.1) is 19.9 Å². The molecule has 2 heterocycles. The van der Waals surface area contributed by atoms with E-state index in [2.05, 4.69) is 36.6 Å². The molecule has 34 heavy (non-hydrogen) atoms. The summed E-state index contributed by atoms with van der Waals surface area (Å²) in [7, 11) is 4.73. The lowest BCUT2D eigenvalue weighted by Gasteiger charge is -2.44. The van der Waals surface area contributed by atoms with Gasteiger partial charge in [0, 0.05) is 44.1 Å². The highest BCUT2D eigenvalue weighted by Gasteiger charge is 2.40. The second-order valence-corrected chi connectivity index (χ2v) is 9.81. The highest BCUT2D eigenvalue weighted by Crippen LogP contribution is 2.42. The van der Waals surface area contributed by atoms with E-state index in [4.69, 9.17) is 23.7 Å². The third-order valence-corrected chi connectivity index (χ3v) is 7.14. The first-order valence-electron chi connectivity index (χ1n) is 11.8. The van der Waals surface area contributed by atoms with Gasteiger partial charge in [-0.2, -0.15) is 0 Å². The van der Waals surface area contributed by atoms with E-state index >= 15 is 0 Å². The average Bonchev–Trinajstić information content (AvgIpc) is 3.28. The smallest absolute Gasteiger partial charge is 0.281 e. The maximum absolute atomic E-state index is 13.0. The number of fused-ring (bicyclic) bond motifs is 1. The van der Waals surface area contributed by atoms with Crippen molar-refractivity contribution in [3.8, 4) is 0 Å². The van der Waals surface area contributed by atoms with Crippen molar-refractivity contribution in [2.24, 2.45) is 11.3 Å². The third kappa shape index (κ3) is 4.88. The molecular weight excluding hydrogens is 436 g/mol. The minimum absolute atomic E-state index is 0.177. The molecule has 2 aliphatic carbocycles. The van der Waals surface area contributed by atoms with E-state index in [1.807, 2.05) is 13.0 Å². The van der Waals surface area contributed by atoms with Gasteiger partial charge in [0.25, 0.3) is 11.9 Å². The third-order valence-electron chi connectivity index (χ3n) is 7.14. The van der Waals surface area contributed by atoms with Crippen molar-refractivity contribution in [3.05, 3.63) is 58.8 Å². The predicted molar refractivity (Wildman–Crippen MR) is 127 cm³/mol. The van der Waals surface area contributed by atoms with Crippen LogP contribution in [0.25, 0.3) is 0 Å². The number of allylic oxidation sites excluding steroid dienone is 2. The Morgan fingerprint density at radius 1 is 1.21 bits per heavy atom. The molecule has 4 aliphatic rings. The second kappa shape index (κ2) is 9.88. The van der Waals surface area contributed by atoms with Crippen LogP contribution in [0.2, 0.25) is 0 Å². The Hall–Kier alpha value is -2.71. The van der Waals surface area contributed by atoms with Crippen LogP contribution in [0.4, 0.5) is 0 Å². The summed E-state index contributed by atoms with van der Waals surface area (Å²) in [6.07, 6.45) is 8.95. The number of hydrogen-bond acceptors (Lipinski definition) is 7. The quantitative estimate of drug-likeness (QED) is 0.587. The molecule has 4 atom stereocenters. The Balaban J connectivity index is 1.41. The molecule has 4 rings (SSSR count). The Labute approximate surface area is 201 Å². The summed E-state index contributed by atoms with van der Waals surface area (Å²) in [5.74, 6) is 2.42. The maximum Gasteiger partial charge on any atom is 0.281 e. The van der Waals surface area contributed by atoms with Crippen LogP contribution in [-0.4, -0.2) is 52.0 Å². The monoisotopic (exact) mass is 472 g/mol. The number of methoxy groups -OCH3 is 3. The Morgan fingerprint density at radius 3 is 2.71 bits per heavy atom. The molecule has 186 valence electrons. The van der Waals surface area contributed by atoms with Gasteiger partial charge < -0.3 is 34.3 Å². The van der Waals surface area contributed by atoms with Crippen LogP contribution in [0, 0.1) is 11.3 Å². The van der Waals surface area contributed by atoms with Crippen LogP contribution in [0.5, 0.6) is 0 Å². The fourth-order valence-electron chi connectivity index (χ4n) is 4.96. The fraction of sp³-hybridized carbons (Fsp3) is 0.577. The minimum atomic E-state index is -0.695. The molecule has 2 N–H and O–H groups in total. The SMILES string of the molecule is COC1=CC(OC)=C(NC(=O)C2CC=C(OC3=CC4C(C=C3C)NCCC4(C)C)O2)C(OC)C1. The predicted octanol–water partition coefficient (Wildman–Crippen LogP) is 3.40. The number of hydrogen-bond donors (Lipinski definition) is 2. The summed E-state index contributed by atoms with van der Waals surface area (Å²) >= 11 is 0. The van der Waals surface area contributed by atoms with Gasteiger partial charge in [-0.1, -0.05) is 19.9 Å². The lowest BCUT2D eigenvalue weighted by atomic mass is 9.68. The first kappa shape index (κ1) is 24.4. The van der Waals surface area contributed by atoms with Crippen molar-refractivity contribution in [1.82, 2.24) is 10.6 Å². The highest BCUT2D eigenvalue weighted by molar-refractivity contribution is 5.83. The van der Waals surface area contributed by atoms with Crippen molar-refractivity contribution in [1.29, 1.82) is 0 Å². The van der Waals surface area contributed by atoms with Crippen molar-refractivity contribution in [3.63, 3.8) is 0 Å². The minimum Gasteiger partial charge on any atom is -0.501 e.